The Morgan fingerprint density at radius 1 is 1.22 bits per heavy atom. The van der Waals surface area contributed by atoms with Crippen LogP contribution in [0.25, 0.3) is 11.2 Å². The van der Waals surface area contributed by atoms with Gasteiger partial charge in [-0.1, -0.05) is 0 Å². The molecule has 3 aromatic rings. The molecular formula is C19H23N7O6. The average Bonchev–Trinajstić information content (AvgIpc) is 3.31. The molecule has 1 aliphatic rings. The average molecular weight is 445 g/mol. The molecule has 0 amide bonds. The summed E-state index contributed by atoms with van der Waals surface area (Å²) in [5.74, 6) is 1.38. The molecule has 1 aromatic carbocycles. The van der Waals surface area contributed by atoms with E-state index in [1.807, 2.05) is 0 Å². The third-order valence-corrected chi connectivity index (χ3v) is 5.06. The van der Waals surface area contributed by atoms with Crippen LogP contribution in [0.4, 0.5) is 11.8 Å². The molecule has 4 rings (SSSR count). The van der Waals surface area contributed by atoms with E-state index in [1.54, 1.807) is 25.3 Å². The monoisotopic (exact) mass is 445 g/mol. The highest BCUT2D eigenvalue weighted by Gasteiger charge is 2.45. The zero-order valence-electron chi connectivity index (χ0n) is 17.3. The van der Waals surface area contributed by atoms with Crippen LogP contribution in [-0.2, 0) is 4.74 Å². The van der Waals surface area contributed by atoms with Gasteiger partial charge in [0.15, 0.2) is 34.7 Å². The molecule has 32 heavy (non-hydrogen) atoms. The number of ether oxygens (including phenoxy) is 3. The number of benzene rings is 1. The lowest BCUT2D eigenvalue weighted by Gasteiger charge is -2.18. The van der Waals surface area contributed by atoms with Gasteiger partial charge in [0.25, 0.3) is 0 Å². The maximum absolute atomic E-state index is 10.5. The molecule has 0 radical (unpaired) electrons. The van der Waals surface area contributed by atoms with Crippen molar-refractivity contribution < 1.29 is 29.5 Å². The lowest BCUT2D eigenvalue weighted by molar-refractivity contribution is -0.0501. The Labute approximate surface area is 182 Å². The minimum atomic E-state index is -1.35. The molecule has 0 saturated carbocycles. The fourth-order valence-electron chi connectivity index (χ4n) is 3.44. The molecule has 1 saturated heterocycles. The summed E-state index contributed by atoms with van der Waals surface area (Å²) in [4.78, 5) is 12.5. The first kappa shape index (κ1) is 21.7. The first-order valence-corrected chi connectivity index (χ1v) is 9.60. The van der Waals surface area contributed by atoms with Crippen LogP contribution in [0.5, 0.6) is 11.5 Å². The fraction of sp³-hybridized carbons (Fsp3) is 0.368. The number of nitrogens with two attached hydrogens (primary N) is 1. The highest BCUT2D eigenvalue weighted by molar-refractivity contribution is 5.85. The van der Waals surface area contributed by atoms with Crippen molar-refractivity contribution in [1.82, 2.24) is 19.5 Å². The number of nitrogens with one attached hydrogen (secondary N) is 1. The van der Waals surface area contributed by atoms with E-state index >= 15 is 0 Å². The summed E-state index contributed by atoms with van der Waals surface area (Å²) in [7, 11) is 3.08. The second-order valence-electron chi connectivity index (χ2n) is 6.95. The van der Waals surface area contributed by atoms with E-state index < -0.39 is 31.1 Å². The third-order valence-electron chi connectivity index (χ3n) is 5.06. The molecule has 13 heteroatoms. The van der Waals surface area contributed by atoms with Crippen molar-refractivity contribution in [3.63, 3.8) is 0 Å². The van der Waals surface area contributed by atoms with Gasteiger partial charge in [-0.25, -0.2) is 20.4 Å². The van der Waals surface area contributed by atoms with Gasteiger partial charge in [0.05, 0.1) is 27.0 Å². The smallest absolute Gasteiger partial charge is 0.228 e. The molecule has 170 valence electrons. The van der Waals surface area contributed by atoms with E-state index in [4.69, 9.17) is 19.9 Å². The van der Waals surface area contributed by atoms with Crippen molar-refractivity contribution in [2.24, 2.45) is 5.10 Å². The number of imidazole rings is 1. The zero-order valence-corrected chi connectivity index (χ0v) is 17.3. The summed E-state index contributed by atoms with van der Waals surface area (Å²) >= 11 is 0. The molecule has 0 spiro atoms. The van der Waals surface area contributed by atoms with Gasteiger partial charge in [-0.2, -0.15) is 5.10 Å². The predicted octanol–water partition coefficient (Wildman–Crippen LogP) is -0.517. The zero-order chi connectivity index (χ0) is 22.8. The minimum absolute atomic E-state index is 0.118. The molecule has 0 aliphatic carbocycles. The summed E-state index contributed by atoms with van der Waals surface area (Å²) in [6.07, 6.45) is -1.96. The van der Waals surface area contributed by atoms with Crippen molar-refractivity contribution in [3.8, 4) is 11.5 Å². The maximum atomic E-state index is 10.5. The van der Waals surface area contributed by atoms with E-state index in [1.165, 1.54) is 24.2 Å². The standard InChI is InChI=1S/C19H23N7O6/c1-30-10-4-3-9(5-11(10)31-2)6-23-25-19-24-13-16(20)21-8-22-17(13)26(19)18-15(29)14(28)12(7-27)32-18/h3-6,8,12,14-15,18,27-29H,7H2,1-2H3,(H,24,25)(H2,20,21,22)/t12-,14+,15+,18+/m0/s1. The Bertz CT molecular complexity index is 1140. The highest BCUT2D eigenvalue weighted by Crippen LogP contribution is 2.35. The van der Waals surface area contributed by atoms with E-state index in [2.05, 4.69) is 25.5 Å². The van der Waals surface area contributed by atoms with Crippen molar-refractivity contribution >= 4 is 29.1 Å². The highest BCUT2D eigenvalue weighted by atomic mass is 16.6. The number of aliphatic hydroxyl groups is 3. The second kappa shape index (κ2) is 8.92. The molecule has 13 nitrogen and oxygen atoms in total. The Hall–Kier alpha value is -3.52. The van der Waals surface area contributed by atoms with Crippen molar-refractivity contribution in [2.75, 3.05) is 32.0 Å². The van der Waals surface area contributed by atoms with Crippen LogP contribution >= 0.6 is 0 Å². The molecule has 3 heterocycles. The first-order valence-electron chi connectivity index (χ1n) is 9.60. The molecule has 6 N–H and O–H groups in total. The number of aliphatic hydroxyl groups excluding tert-OH is 3. The number of aromatic nitrogens is 4. The number of nitrogens with zero attached hydrogens (tertiary/aromatic N) is 5. The molecule has 0 bridgehead atoms. The van der Waals surface area contributed by atoms with Gasteiger partial charge >= 0.3 is 0 Å². The van der Waals surface area contributed by atoms with Gasteiger partial charge in [0.2, 0.25) is 5.95 Å². The summed E-state index contributed by atoms with van der Waals surface area (Å²) in [6.45, 7) is -0.474. The van der Waals surface area contributed by atoms with Gasteiger partial charge in [-0.05, 0) is 23.8 Å². The largest absolute Gasteiger partial charge is 0.493 e. The SMILES string of the molecule is COc1ccc(C=NNc2nc3c(N)ncnc3n2[C@@H]2O[C@@H](CO)[C@@H](O)[C@H]2O)cc1OC. The molecule has 0 unspecified atom stereocenters. The third kappa shape index (κ3) is 3.78. The number of hydrazone groups is 1. The van der Waals surface area contributed by atoms with E-state index in [9.17, 15) is 15.3 Å². The van der Waals surface area contributed by atoms with Crippen LogP contribution in [-0.4, -0.2) is 80.2 Å². The van der Waals surface area contributed by atoms with Crippen LogP contribution in [0.15, 0.2) is 29.6 Å². The van der Waals surface area contributed by atoms with Crippen LogP contribution in [0.3, 0.4) is 0 Å². The Balaban J connectivity index is 1.68. The fourth-order valence-corrected chi connectivity index (χ4v) is 3.44. The minimum Gasteiger partial charge on any atom is -0.493 e. The Kier molecular flexibility index (Phi) is 6.05. The van der Waals surface area contributed by atoms with Gasteiger partial charge in [0, 0.05) is 0 Å². The topological polar surface area (TPSA) is 182 Å². The van der Waals surface area contributed by atoms with Crippen LogP contribution in [0.2, 0.25) is 0 Å². The van der Waals surface area contributed by atoms with Crippen LogP contribution < -0.4 is 20.6 Å². The van der Waals surface area contributed by atoms with Crippen molar-refractivity contribution in [3.05, 3.63) is 30.1 Å². The summed E-state index contributed by atoms with van der Waals surface area (Å²) in [5.41, 5.74) is 9.93. The van der Waals surface area contributed by atoms with Gasteiger partial charge in [-0.3, -0.25) is 4.57 Å². The Morgan fingerprint density at radius 2 is 2.00 bits per heavy atom. The predicted molar refractivity (Wildman–Crippen MR) is 114 cm³/mol. The summed E-state index contributed by atoms with van der Waals surface area (Å²) in [6, 6.07) is 5.26. The molecule has 1 aliphatic heterocycles. The number of methoxy groups -OCH3 is 2. The summed E-state index contributed by atoms with van der Waals surface area (Å²) < 4.78 is 17.5. The van der Waals surface area contributed by atoms with Crippen LogP contribution in [0, 0.1) is 0 Å². The lowest BCUT2D eigenvalue weighted by atomic mass is 10.1. The van der Waals surface area contributed by atoms with E-state index in [0.29, 0.717) is 17.1 Å². The summed E-state index contributed by atoms with van der Waals surface area (Å²) in [5, 5.41) is 34.3. The van der Waals surface area contributed by atoms with E-state index in [0.717, 1.165) is 0 Å². The van der Waals surface area contributed by atoms with Crippen LogP contribution in [0.1, 0.15) is 11.8 Å². The number of fused-ring (bicyclic) bond motifs is 1. The quantitative estimate of drug-likeness (QED) is 0.233. The second-order valence-corrected chi connectivity index (χ2v) is 6.95. The Morgan fingerprint density at radius 3 is 2.69 bits per heavy atom. The van der Waals surface area contributed by atoms with Crippen molar-refractivity contribution in [1.29, 1.82) is 0 Å². The van der Waals surface area contributed by atoms with Gasteiger partial charge in [0.1, 0.15) is 24.6 Å². The lowest BCUT2D eigenvalue weighted by Crippen LogP contribution is -2.33. The van der Waals surface area contributed by atoms with Gasteiger partial charge in [-0.15, -0.1) is 0 Å². The molecular weight excluding hydrogens is 422 g/mol. The van der Waals surface area contributed by atoms with Crippen molar-refractivity contribution in [2.45, 2.75) is 24.5 Å². The number of hydrogen-bond acceptors (Lipinski definition) is 12. The van der Waals surface area contributed by atoms with E-state index in [-0.39, 0.29) is 22.9 Å². The maximum Gasteiger partial charge on any atom is 0.228 e. The molecule has 4 atom stereocenters. The number of rotatable bonds is 7. The first-order chi connectivity index (χ1) is 15.5. The molecule has 2 aromatic heterocycles. The molecule has 1 fully saturated rings. The number of hydrogen-bond donors (Lipinski definition) is 5. The van der Waals surface area contributed by atoms with Gasteiger partial charge < -0.3 is 35.3 Å². The number of nitrogen functional groups attached to an aromatic ring is 1. The normalized spacial score (nSPS) is 23.2. The number of anilines is 2.